The van der Waals surface area contributed by atoms with E-state index in [4.69, 9.17) is 0 Å². The first kappa shape index (κ1) is 25.6. The third kappa shape index (κ3) is 7.01. The Hall–Kier alpha value is -3.97. The van der Waals surface area contributed by atoms with Crippen LogP contribution in [0.5, 0.6) is 0 Å². The Kier molecular flexibility index (Phi) is 8.75. The van der Waals surface area contributed by atoms with E-state index in [1.165, 1.54) is 0 Å². The van der Waals surface area contributed by atoms with Crippen LogP contribution in [0.4, 0.5) is 11.4 Å². The van der Waals surface area contributed by atoms with Crippen molar-refractivity contribution >= 4 is 29.1 Å². The van der Waals surface area contributed by atoms with Gasteiger partial charge in [0.2, 0.25) is 0 Å². The van der Waals surface area contributed by atoms with Crippen LogP contribution in [0, 0.1) is 13.8 Å². The molecule has 7 heteroatoms. The average molecular weight is 473 g/mol. The highest BCUT2D eigenvalue weighted by Gasteiger charge is 2.17. The lowest BCUT2D eigenvalue weighted by atomic mass is 10.1. The highest BCUT2D eigenvalue weighted by molar-refractivity contribution is 6.11. The van der Waals surface area contributed by atoms with Crippen molar-refractivity contribution < 1.29 is 14.4 Å². The third-order valence-electron chi connectivity index (χ3n) is 5.62. The second kappa shape index (κ2) is 11.9. The van der Waals surface area contributed by atoms with E-state index in [1.54, 1.807) is 42.5 Å². The maximum Gasteiger partial charge on any atom is 0.255 e. The van der Waals surface area contributed by atoms with E-state index in [1.807, 2.05) is 57.1 Å². The van der Waals surface area contributed by atoms with E-state index in [9.17, 15) is 14.4 Å². The minimum atomic E-state index is -0.327. The molecular weight excluding hydrogens is 440 g/mol. The smallest absolute Gasteiger partial charge is 0.255 e. The lowest BCUT2D eigenvalue weighted by Crippen LogP contribution is -2.28. The summed E-state index contributed by atoms with van der Waals surface area (Å²) >= 11 is 0. The number of amides is 3. The summed E-state index contributed by atoms with van der Waals surface area (Å²) in [5.41, 5.74) is 3.87. The molecule has 0 aliphatic rings. The van der Waals surface area contributed by atoms with Crippen LogP contribution in [0.3, 0.4) is 0 Å². The zero-order valence-electron chi connectivity index (χ0n) is 20.6. The van der Waals surface area contributed by atoms with Crippen LogP contribution >= 0.6 is 0 Å². The Morgan fingerprint density at radius 3 is 1.86 bits per heavy atom. The summed E-state index contributed by atoms with van der Waals surface area (Å²) in [5.74, 6) is -0.882. The number of nitrogens with one attached hydrogen (secondary N) is 3. The maximum atomic E-state index is 13.0. The molecule has 0 saturated carbocycles. The lowest BCUT2D eigenvalue weighted by molar-refractivity contribution is 0.0952. The van der Waals surface area contributed by atoms with E-state index >= 15 is 0 Å². The van der Waals surface area contributed by atoms with E-state index in [-0.39, 0.29) is 17.7 Å². The number of hydrogen-bond donors (Lipinski definition) is 3. The first-order chi connectivity index (χ1) is 16.8. The first-order valence-electron chi connectivity index (χ1n) is 11.6. The van der Waals surface area contributed by atoms with Crippen LogP contribution in [0.2, 0.25) is 0 Å². The SMILES string of the molecule is Cc1ccccc1C(=O)Nc1ccc(C(=O)NCCCN(C)C)c(NC(=O)c2ccccc2C)c1. The van der Waals surface area contributed by atoms with Crippen LogP contribution in [0.1, 0.15) is 48.6 Å². The zero-order valence-corrected chi connectivity index (χ0v) is 20.6. The summed E-state index contributed by atoms with van der Waals surface area (Å²) in [4.78, 5) is 40.8. The molecule has 3 N–H and O–H groups in total. The second-order valence-corrected chi connectivity index (χ2v) is 8.71. The van der Waals surface area contributed by atoms with Gasteiger partial charge in [-0.1, -0.05) is 36.4 Å². The van der Waals surface area contributed by atoms with Gasteiger partial charge in [-0.25, -0.2) is 0 Å². The van der Waals surface area contributed by atoms with E-state index in [2.05, 4.69) is 16.0 Å². The van der Waals surface area contributed by atoms with Crippen molar-refractivity contribution in [2.45, 2.75) is 20.3 Å². The van der Waals surface area contributed by atoms with Gasteiger partial charge in [0, 0.05) is 23.4 Å². The van der Waals surface area contributed by atoms with Gasteiger partial charge in [-0.2, -0.15) is 0 Å². The molecule has 0 unspecified atom stereocenters. The standard InChI is InChI=1S/C28H32N4O3/c1-19-10-5-7-12-22(19)27(34)30-21-14-15-24(26(33)29-16-9-17-32(3)4)25(18-21)31-28(35)23-13-8-6-11-20(23)2/h5-8,10-15,18H,9,16-17H2,1-4H3,(H,29,33)(H,30,34)(H,31,35). The van der Waals surface area contributed by atoms with Crippen LogP contribution in [0.25, 0.3) is 0 Å². The van der Waals surface area contributed by atoms with E-state index in [0.717, 1.165) is 24.1 Å². The van der Waals surface area contributed by atoms with Gasteiger partial charge in [0.1, 0.15) is 0 Å². The molecule has 35 heavy (non-hydrogen) atoms. The van der Waals surface area contributed by atoms with Crippen LogP contribution in [-0.2, 0) is 0 Å². The minimum absolute atomic E-state index is 0.264. The fraction of sp³-hybridized carbons (Fsp3) is 0.250. The molecule has 0 fully saturated rings. The number of rotatable bonds is 9. The second-order valence-electron chi connectivity index (χ2n) is 8.71. The van der Waals surface area contributed by atoms with Crippen LogP contribution < -0.4 is 16.0 Å². The largest absolute Gasteiger partial charge is 0.352 e. The molecule has 3 aromatic rings. The molecule has 0 heterocycles. The Balaban J connectivity index is 1.86. The molecule has 3 amide bonds. The summed E-state index contributed by atoms with van der Waals surface area (Å²) < 4.78 is 0. The average Bonchev–Trinajstić information content (AvgIpc) is 2.82. The van der Waals surface area contributed by atoms with Crippen molar-refractivity contribution in [2.24, 2.45) is 0 Å². The van der Waals surface area contributed by atoms with Crippen LogP contribution in [0.15, 0.2) is 66.7 Å². The molecule has 0 spiro atoms. The molecule has 0 bridgehead atoms. The minimum Gasteiger partial charge on any atom is -0.352 e. The van der Waals surface area contributed by atoms with Gasteiger partial charge in [-0.3, -0.25) is 14.4 Å². The summed E-state index contributed by atoms with van der Waals surface area (Å²) in [7, 11) is 3.95. The lowest BCUT2D eigenvalue weighted by Gasteiger charge is -2.15. The van der Waals surface area contributed by atoms with Gasteiger partial charge in [0.05, 0.1) is 11.3 Å². The van der Waals surface area contributed by atoms with Gasteiger partial charge in [-0.05, 0) is 82.4 Å². The number of anilines is 2. The van der Waals surface area contributed by atoms with Crippen molar-refractivity contribution in [2.75, 3.05) is 37.8 Å². The molecule has 0 aromatic heterocycles. The molecular formula is C28H32N4O3. The zero-order chi connectivity index (χ0) is 25.4. The number of nitrogens with zero attached hydrogens (tertiary/aromatic N) is 1. The summed E-state index contributed by atoms with van der Waals surface area (Å²) in [5, 5.41) is 8.64. The van der Waals surface area contributed by atoms with Crippen molar-refractivity contribution in [3.63, 3.8) is 0 Å². The summed E-state index contributed by atoms with van der Waals surface area (Å²) in [6.07, 6.45) is 0.800. The Morgan fingerprint density at radius 2 is 1.29 bits per heavy atom. The van der Waals surface area contributed by atoms with Crippen molar-refractivity contribution in [3.8, 4) is 0 Å². The van der Waals surface area contributed by atoms with Gasteiger partial charge in [-0.15, -0.1) is 0 Å². The van der Waals surface area contributed by atoms with E-state index in [0.29, 0.717) is 34.6 Å². The Morgan fingerprint density at radius 1 is 0.714 bits per heavy atom. The molecule has 0 aliphatic carbocycles. The number of aryl methyl sites for hydroxylation is 2. The number of carbonyl (C=O) groups is 3. The van der Waals surface area contributed by atoms with E-state index < -0.39 is 0 Å². The number of hydrogen-bond acceptors (Lipinski definition) is 4. The maximum absolute atomic E-state index is 13.0. The molecule has 182 valence electrons. The molecule has 0 aliphatic heterocycles. The van der Waals surface area contributed by atoms with Gasteiger partial charge in [0.25, 0.3) is 17.7 Å². The third-order valence-corrected chi connectivity index (χ3v) is 5.62. The Bertz CT molecular complexity index is 1220. The highest BCUT2D eigenvalue weighted by Crippen LogP contribution is 2.23. The van der Waals surface area contributed by atoms with Gasteiger partial charge >= 0.3 is 0 Å². The predicted octanol–water partition coefficient (Wildman–Crippen LogP) is 4.49. The monoisotopic (exact) mass is 472 g/mol. The quantitative estimate of drug-likeness (QED) is 0.400. The van der Waals surface area contributed by atoms with Crippen molar-refractivity contribution in [1.82, 2.24) is 10.2 Å². The summed E-state index contributed by atoms with van der Waals surface area (Å²) in [6, 6.07) is 19.4. The normalized spacial score (nSPS) is 10.7. The first-order valence-corrected chi connectivity index (χ1v) is 11.6. The van der Waals surface area contributed by atoms with Crippen molar-refractivity contribution in [1.29, 1.82) is 0 Å². The Labute approximate surface area is 206 Å². The highest BCUT2D eigenvalue weighted by atomic mass is 16.2. The van der Waals surface area contributed by atoms with Gasteiger partial charge in [0.15, 0.2) is 0 Å². The topological polar surface area (TPSA) is 90.5 Å². The summed E-state index contributed by atoms with van der Waals surface area (Å²) in [6.45, 7) is 5.08. The fourth-order valence-electron chi connectivity index (χ4n) is 3.66. The predicted molar refractivity (Wildman–Crippen MR) is 140 cm³/mol. The molecule has 3 rings (SSSR count). The number of carbonyl (C=O) groups excluding carboxylic acids is 3. The molecule has 0 saturated heterocycles. The van der Waals surface area contributed by atoms with Gasteiger partial charge < -0.3 is 20.9 Å². The number of benzene rings is 3. The van der Waals surface area contributed by atoms with Crippen LogP contribution in [-0.4, -0.2) is 49.8 Å². The molecule has 7 nitrogen and oxygen atoms in total. The molecule has 0 atom stereocenters. The fourth-order valence-corrected chi connectivity index (χ4v) is 3.66. The molecule has 0 radical (unpaired) electrons. The van der Waals surface area contributed by atoms with Crippen molar-refractivity contribution in [3.05, 3.63) is 94.5 Å². The molecule has 3 aromatic carbocycles.